The molecule has 0 aliphatic rings. The third kappa shape index (κ3) is 45.0. The second kappa shape index (κ2) is 41.8. The molecule has 0 saturated carbocycles. The first-order chi connectivity index (χ1) is 29.0. The highest BCUT2D eigenvalue weighted by Gasteiger charge is 2.27. The molecular weight excluding hydrogens is 774 g/mol. The maximum absolute atomic E-state index is 12.7. The van der Waals surface area contributed by atoms with Crippen LogP contribution in [0.5, 0.6) is 0 Å². The van der Waals surface area contributed by atoms with Gasteiger partial charge in [-0.1, -0.05) is 189 Å². The van der Waals surface area contributed by atoms with Crippen LogP contribution in [0.3, 0.4) is 0 Å². The van der Waals surface area contributed by atoms with Gasteiger partial charge >= 0.3 is 19.8 Å². The number of allylic oxidation sites excluding steroid dienone is 12. The van der Waals surface area contributed by atoms with E-state index in [0.717, 1.165) is 57.8 Å². The van der Waals surface area contributed by atoms with Crippen LogP contribution in [0.2, 0.25) is 0 Å². The van der Waals surface area contributed by atoms with Gasteiger partial charge in [0.05, 0.1) is 27.7 Å². The van der Waals surface area contributed by atoms with Crippen LogP contribution in [0.25, 0.3) is 0 Å². The summed E-state index contributed by atoms with van der Waals surface area (Å²) in [5.41, 5.74) is 0. The fourth-order valence-electron chi connectivity index (χ4n) is 6.10. The molecule has 60 heavy (non-hydrogen) atoms. The van der Waals surface area contributed by atoms with Crippen molar-refractivity contribution in [2.75, 3.05) is 47.5 Å². The van der Waals surface area contributed by atoms with Crippen LogP contribution < -0.4 is 0 Å². The number of phosphoric acid groups is 1. The number of phosphoric ester groups is 1. The average molecular weight is 863 g/mol. The van der Waals surface area contributed by atoms with Crippen molar-refractivity contribution in [3.8, 4) is 0 Å². The van der Waals surface area contributed by atoms with E-state index in [1.54, 1.807) is 0 Å². The molecule has 9 nitrogen and oxygen atoms in total. The Kier molecular flexibility index (Phi) is 40.0. The first-order valence-electron chi connectivity index (χ1n) is 23.7. The van der Waals surface area contributed by atoms with Crippen LogP contribution in [0.1, 0.15) is 181 Å². The lowest BCUT2D eigenvalue weighted by Crippen LogP contribution is -2.37. The van der Waals surface area contributed by atoms with E-state index in [2.05, 4.69) is 74.6 Å². The van der Waals surface area contributed by atoms with Gasteiger partial charge in [-0.25, -0.2) is 4.57 Å². The van der Waals surface area contributed by atoms with Crippen molar-refractivity contribution in [1.29, 1.82) is 0 Å². The zero-order valence-electron chi connectivity index (χ0n) is 38.9. The van der Waals surface area contributed by atoms with E-state index in [9.17, 15) is 19.0 Å². The molecule has 0 aliphatic heterocycles. The lowest BCUT2D eigenvalue weighted by Gasteiger charge is -2.24. The van der Waals surface area contributed by atoms with Gasteiger partial charge in [0.1, 0.15) is 19.8 Å². The first-order valence-corrected chi connectivity index (χ1v) is 25.2. The summed E-state index contributed by atoms with van der Waals surface area (Å²) in [5.74, 6) is -0.896. The second-order valence-corrected chi connectivity index (χ2v) is 18.2. The summed E-state index contributed by atoms with van der Waals surface area (Å²) in [6, 6.07) is 0. The van der Waals surface area contributed by atoms with Crippen molar-refractivity contribution >= 4 is 19.8 Å². The largest absolute Gasteiger partial charge is 0.472 e. The molecule has 1 unspecified atom stereocenters. The molecule has 0 saturated heterocycles. The van der Waals surface area contributed by atoms with E-state index >= 15 is 0 Å². The maximum Gasteiger partial charge on any atom is 0.472 e. The first kappa shape index (κ1) is 57.4. The van der Waals surface area contributed by atoms with E-state index in [1.807, 2.05) is 33.3 Å². The van der Waals surface area contributed by atoms with Gasteiger partial charge in [-0.05, 0) is 51.4 Å². The van der Waals surface area contributed by atoms with Crippen molar-refractivity contribution in [2.45, 2.75) is 187 Å². The second-order valence-electron chi connectivity index (χ2n) is 16.8. The van der Waals surface area contributed by atoms with Gasteiger partial charge in [-0.3, -0.25) is 18.6 Å². The minimum Gasteiger partial charge on any atom is -0.462 e. The maximum atomic E-state index is 12.7. The van der Waals surface area contributed by atoms with Gasteiger partial charge in [0, 0.05) is 12.8 Å². The van der Waals surface area contributed by atoms with Crippen molar-refractivity contribution in [3.63, 3.8) is 0 Å². The molecule has 0 rings (SSSR count). The van der Waals surface area contributed by atoms with Gasteiger partial charge in [-0.2, -0.15) is 0 Å². The van der Waals surface area contributed by atoms with Crippen LogP contribution in [-0.4, -0.2) is 74.9 Å². The molecule has 0 amide bonds. The van der Waals surface area contributed by atoms with Crippen LogP contribution >= 0.6 is 7.82 Å². The van der Waals surface area contributed by atoms with Crippen LogP contribution in [0, 0.1) is 0 Å². The van der Waals surface area contributed by atoms with Crippen molar-refractivity contribution in [2.24, 2.45) is 0 Å². The minimum absolute atomic E-state index is 0.0159. The number of rotatable bonds is 42. The van der Waals surface area contributed by atoms with Gasteiger partial charge in [-0.15, -0.1) is 0 Å². The Bertz CT molecular complexity index is 1250. The quantitative estimate of drug-likeness (QED) is 0.0212. The number of nitrogens with zero attached hydrogens (tertiary/aromatic N) is 1. The van der Waals surface area contributed by atoms with E-state index in [4.69, 9.17) is 18.5 Å². The molecule has 0 aromatic heterocycles. The van der Waals surface area contributed by atoms with Gasteiger partial charge in [0.2, 0.25) is 0 Å². The number of likely N-dealkylation sites (N-methyl/N-ethyl adjacent to an activating group) is 1. The molecule has 0 fully saturated rings. The summed E-state index contributed by atoms with van der Waals surface area (Å²) in [6.45, 7) is 4.23. The van der Waals surface area contributed by atoms with E-state index in [1.165, 1.54) is 89.9 Å². The van der Waals surface area contributed by atoms with Crippen LogP contribution in [-0.2, 0) is 32.7 Å². The average Bonchev–Trinajstić information content (AvgIpc) is 3.20. The van der Waals surface area contributed by atoms with Crippen molar-refractivity contribution < 1.29 is 42.1 Å². The predicted octanol–water partition coefficient (Wildman–Crippen LogP) is 13.8. The SMILES string of the molecule is CC/C=C/C/C=C/C/C=C/C/C=C/C/C=C/C/C=C/CCC(=O)O[C@H](COC(=O)CCCCCCCCCCCCCCCCCCC)COP(=O)(O)OCC[N+](C)(C)C. The van der Waals surface area contributed by atoms with Gasteiger partial charge in [0.25, 0.3) is 0 Å². The van der Waals surface area contributed by atoms with Crippen LogP contribution in [0.15, 0.2) is 72.9 Å². The topological polar surface area (TPSA) is 108 Å². The number of ether oxygens (including phenoxy) is 2. The molecule has 0 aromatic rings. The monoisotopic (exact) mass is 863 g/mol. The molecule has 0 heterocycles. The highest BCUT2D eigenvalue weighted by molar-refractivity contribution is 7.47. The highest BCUT2D eigenvalue weighted by atomic mass is 31.2. The standard InChI is InChI=1S/C50H88NO8P/c1-6-8-10-12-14-16-18-20-22-24-25-27-29-31-33-35-37-39-41-43-50(53)59-48(47-58-60(54,55)57-45-44-51(3,4)5)46-56-49(52)42-40-38-36-34-32-30-28-26-23-21-19-17-15-13-11-9-7-2/h8,10,14,16,20,22,25,27,31,33,37,39,48H,6-7,9,11-13,15,17-19,21,23-24,26,28-30,32,34-36,38,40-47H2,1-5H3/p+1/b10-8+,16-14+,22-20+,27-25+,33-31+,39-37+/t48-/m1/s1. The van der Waals surface area contributed by atoms with Gasteiger partial charge in [0.15, 0.2) is 6.10 Å². The Morgan fingerprint density at radius 2 is 0.950 bits per heavy atom. The Morgan fingerprint density at radius 3 is 1.38 bits per heavy atom. The molecule has 0 radical (unpaired) electrons. The minimum atomic E-state index is -4.40. The Balaban J connectivity index is 4.44. The number of quaternary nitrogens is 1. The number of carbonyl (C=O) groups excluding carboxylic acids is 2. The normalized spacial score (nSPS) is 14.2. The summed E-state index contributed by atoms with van der Waals surface area (Å²) in [4.78, 5) is 35.4. The highest BCUT2D eigenvalue weighted by Crippen LogP contribution is 2.43. The zero-order valence-corrected chi connectivity index (χ0v) is 39.8. The smallest absolute Gasteiger partial charge is 0.462 e. The number of unbranched alkanes of at least 4 members (excludes halogenated alkanes) is 16. The molecule has 2 atom stereocenters. The van der Waals surface area contributed by atoms with Crippen molar-refractivity contribution in [1.82, 2.24) is 0 Å². The lowest BCUT2D eigenvalue weighted by atomic mass is 10.0. The van der Waals surface area contributed by atoms with Crippen molar-refractivity contribution in [3.05, 3.63) is 72.9 Å². The molecule has 0 spiro atoms. The molecule has 0 aliphatic carbocycles. The fourth-order valence-corrected chi connectivity index (χ4v) is 6.84. The summed E-state index contributed by atoms with van der Waals surface area (Å²) in [7, 11) is 1.42. The third-order valence-corrected chi connectivity index (χ3v) is 10.7. The molecule has 1 N–H and O–H groups in total. The van der Waals surface area contributed by atoms with E-state index < -0.39 is 26.5 Å². The Morgan fingerprint density at radius 1 is 0.533 bits per heavy atom. The molecule has 0 aromatic carbocycles. The number of carbonyl (C=O) groups is 2. The van der Waals surface area contributed by atoms with Gasteiger partial charge < -0.3 is 18.9 Å². The molecular formula is C50H89NO8P+. The summed E-state index contributed by atoms with van der Waals surface area (Å²) in [5, 5.41) is 0. The molecule has 0 bridgehead atoms. The zero-order chi connectivity index (χ0) is 44.3. The molecule has 10 heteroatoms. The van der Waals surface area contributed by atoms with Crippen LogP contribution in [0.4, 0.5) is 0 Å². The predicted molar refractivity (Wildman–Crippen MR) is 252 cm³/mol. The third-order valence-electron chi connectivity index (χ3n) is 9.76. The summed E-state index contributed by atoms with van der Waals surface area (Å²) < 4.78 is 34.3. The van der Waals surface area contributed by atoms with E-state index in [-0.39, 0.29) is 32.0 Å². The number of esters is 2. The fraction of sp³-hybridized carbons (Fsp3) is 0.720. The summed E-state index contributed by atoms with van der Waals surface area (Å²) in [6.07, 6.45) is 52.5. The Hall–Kier alpha value is -2.55. The summed E-state index contributed by atoms with van der Waals surface area (Å²) >= 11 is 0. The number of hydrogen-bond acceptors (Lipinski definition) is 7. The number of hydrogen-bond donors (Lipinski definition) is 1. The molecule has 346 valence electrons. The van der Waals surface area contributed by atoms with E-state index in [0.29, 0.717) is 17.4 Å². The Labute approximate surface area is 368 Å². The lowest BCUT2D eigenvalue weighted by molar-refractivity contribution is -0.870.